The average Bonchev–Trinajstić information content (AvgIpc) is 3.37. The molecule has 0 saturated carbocycles. The Morgan fingerprint density at radius 2 is 1.81 bits per heavy atom. The summed E-state index contributed by atoms with van der Waals surface area (Å²) >= 11 is 0. The second kappa shape index (κ2) is 12.0. The minimum Gasteiger partial charge on any atom is -0.504 e. The number of nitrogens with zero attached hydrogens (tertiary/aromatic N) is 1. The van der Waals surface area contributed by atoms with Crippen LogP contribution in [0.3, 0.4) is 0 Å². The summed E-state index contributed by atoms with van der Waals surface area (Å²) in [7, 11) is 0. The molecule has 0 radical (unpaired) electrons. The Balaban J connectivity index is 1.42. The van der Waals surface area contributed by atoms with Gasteiger partial charge in [0, 0.05) is 18.4 Å². The minimum atomic E-state index is -3.05. The normalized spacial score (nSPS) is 10.9. The number of aryl methyl sites for hydroxylation is 1. The summed E-state index contributed by atoms with van der Waals surface area (Å²) in [5.74, 6) is 0.235. The Bertz CT molecular complexity index is 1340. The van der Waals surface area contributed by atoms with E-state index in [0.717, 1.165) is 5.56 Å². The lowest BCUT2D eigenvalue weighted by molar-refractivity contribution is -0.0512. The van der Waals surface area contributed by atoms with Gasteiger partial charge < -0.3 is 23.7 Å². The van der Waals surface area contributed by atoms with E-state index in [9.17, 15) is 18.7 Å². The van der Waals surface area contributed by atoms with Gasteiger partial charge in [-0.25, -0.2) is 4.98 Å². The third kappa shape index (κ3) is 6.84. The monoisotopic (exact) mass is 509 g/mol. The molecule has 0 bridgehead atoms. The lowest BCUT2D eigenvalue weighted by Gasteiger charge is -2.12. The first kappa shape index (κ1) is 25.7. The minimum absolute atomic E-state index is 0.139. The van der Waals surface area contributed by atoms with Gasteiger partial charge in [-0.15, -0.1) is 0 Å². The first-order valence-corrected chi connectivity index (χ1v) is 11.6. The largest absolute Gasteiger partial charge is 0.504 e. The Morgan fingerprint density at radius 3 is 2.54 bits per heavy atom. The zero-order valence-electron chi connectivity index (χ0n) is 20.0. The zero-order chi connectivity index (χ0) is 26.2. The summed E-state index contributed by atoms with van der Waals surface area (Å²) in [5, 5.41) is 9.91. The molecule has 1 heterocycles. The van der Waals surface area contributed by atoms with Crippen molar-refractivity contribution < 1.29 is 37.3 Å². The van der Waals surface area contributed by atoms with Gasteiger partial charge in [0.25, 0.3) is 0 Å². The molecule has 0 spiro atoms. The molecule has 0 saturated heterocycles. The second-order valence-corrected chi connectivity index (χ2v) is 7.99. The predicted molar refractivity (Wildman–Crippen MR) is 131 cm³/mol. The topological polar surface area (TPSA) is 91.0 Å². The molecule has 9 heteroatoms. The van der Waals surface area contributed by atoms with Crippen LogP contribution in [0.1, 0.15) is 35.0 Å². The van der Waals surface area contributed by atoms with Gasteiger partial charge in [-0.05, 0) is 48.9 Å². The molecule has 0 aliphatic rings. The van der Waals surface area contributed by atoms with Crippen molar-refractivity contribution in [1.29, 1.82) is 0 Å². The number of halogens is 2. The quantitative estimate of drug-likeness (QED) is 0.220. The fraction of sp³-hybridized carbons (Fsp3) is 0.214. The predicted octanol–water partition coefficient (Wildman–Crippen LogP) is 6.44. The molecular weight excluding hydrogens is 484 g/mol. The van der Waals surface area contributed by atoms with Crippen LogP contribution in [-0.2, 0) is 13.0 Å². The van der Waals surface area contributed by atoms with Crippen LogP contribution < -0.4 is 14.2 Å². The summed E-state index contributed by atoms with van der Waals surface area (Å²) in [4.78, 5) is 17.4. The number of carbonyl (C=O) groups is 1. The maximum Gasteiger partial charge on any atom is 0.387 e. The molecule has 0 atom stereocenters. The number of benzene rings is 3. The molecule has 192 valence electrons. The van der Waals surface area contributed by atoms with E-state index < -0.39 is 12.4 Å². The summed E-state index contributed by atoms with van der Waals surface area (Å²) in [6.07, 6.45) is 1.84. The fourth-order valence-electron chi connectivity index (χ4n) is 3.62. The van der Waals surface area contributed by atoms with Crippen LogP contribution >= 0.6 is 0 Å². The van der Waals surface area contributed by atoms with Crippen molar-refractivity contribution in [1.82, 2.24) is 4.98 Å². The average molecular weight is 510 g/mol. The van der Waals surface area contributed by atoms with Crippen molar-refractivity contribution >= 4 is 5.78 Å². The van der Waals surface area contributed by atoms with Crippen LogP contribution in [0.2, 0.25) is 0 Å². The molecule has 0 amide bonds. The van der Waals surface area contributed by atoms with Crippen molar-refractivity contribution in [3.05, 3.63) is 89.8 Å². The van der Waals surface area contributed by atoms with Gasteiger partial charge in [-0.3, -0.25) is 4.79 Å². The number of Topliss-reactive ketones (excluding diaryl/α,β-unsaturated/α-hetero) is 1. The summed E-state index contributed by atoms with van der Waals surface area (Å²) in [6.45, 7) is -0.434. The third-order valence-electron chi connectivity index (χ3n) is 5.38. The highest BCUT2D eigenvalue weighted by atomic mass is 19.3. The number of aromatic hydroxyl groups is 1. The number of hydrogen-bond acceptors (Lipinski definition) is 7. The van der Waals surface area contributed by atoms with E-state index >= 15 is 0 Å². The maximum atomic E-state index is 13.1. The smallest absolute Gasteiger partial charge is 0.387 e. The van der Waals surface area contributed by atoms with Crippen LogP contribution in [0, 0.1) is 0 Å². The number of oxazole rings is 1. The Hall–Kier alpha value is -4.40. The number of phenols is 1. The molecule has 3 aromatic carbocycles. The van der Waals surface area contributed by atoms with Crippen LogP contribution in [0.15, 0.2) is 77.4 Å². The van der Waals surface area contributed by atoms with Gasteiger partial charge in [-0.2, -0.15) is 8.78 Å². The van der Waals surface area contributed by atoms with Crippen LogP contribution in [-0.4, -0.2) is 29.1 Å². The number of ether oxygens (including phenoxy) is 3. The fourth-order valence-corrected chi connectivity index (χ4v) is 3.62. The van der Waals surface area contributed by atoms with Gasteiger partial charge in [0.2, 0.25) is 5.89 Å². The van der Waals surface area contributed by atoms with E-state index in [-0.39, 0.29) is 23.8 Å². The molecule has 1 aromatic heterocycles. The standard InChI is InChI=1S/C28H25F2NO6/c1-2-34-25-13-10-21(35-16-18-6-4-3-5-7-18)15-22(25)23(32)11-9-20-17-36-27(31-20)19-8-12-26(24(33)14-19)37-28(29)30/h3-8,10,12-15,17,28,33H,2,9,11,16H2,1H3. The van der Waals surface area contributed by atoms with Crippen LogP contribution in [0.25, 0.3) is 11.5 Å². The van der Waals surface area contributed by atoms with E-state index in [1.807, 2.05) is 37.3 Å². The summed E-state index contributed by atoms with van der Waals surface area (Å²) in [6, 6.07) is 18.7. The number of phenolic OH excluding ortho intramolecular Hbond substituents is 1. The highest BCUT2D eigenvalue weighted by molar-refractivity contribution is 5.99. The molecule has 0 fully saturated rings. The first-order valence-electron chi connectivity index (χ1n) is 11.6. The van der Waals surface area contributed by atoms with Crippen LogP contribution in [0.4, 0.5) is 8.78 Å². The molecular formula is C28H25F2NO6. The Morgan fingerprint density at radius 1 is 1.03 bits per heavy atom. The van der Waals surface area contributed by atoms with Crippen molar-refractivity contribution in [2.75, 3.05) is 6.61 Å². The van der Waals surface area contributed by atoms with E-state index in [1.165, 1.54) is 24.5 Å². The molecule has 0 aliphatic heterocycles. The van der Waals surface area contributed by atoms with Crippen LogP contribution in [0.5, 0.6) is 23.0 Å². The van der Waals surface area contributed by atoms with Gasteiger partial charge in [0.1, 0.15) is 24.4 Å². The van der Waals surface area contributed by atoms with Crippen molar-refractivity contribution in [3.63, 3.8) is 0 Å². The lowest BCUT2D eigenvalue weighted by Crippen LogP contribution is -2.06. The van der Waals surface area contributed by atoms with Crippen molar-refractivity contribution in [3.8, 4) is 34.5 Å². The number of carbonyl (C=O) groups excluding carboxylic acids is 1. The molecule has 1 N–H and O–H groups in total. The zero-order valence-corrected chi connectivity index (χ0v) is 20.0. The SMILES string of the molecule is CCOc1ccc(OCc2ccccc2)cc1C(=O)CCc1coc(-c2ccc(OC(F)F)c(O)c2)n1. The van der Waals surface area contributed by atoms with E-state index in [4.69, 9.17) is 13.9 Å². The maximum absolute atomic E-state index is 13.1. The lowest BCUT2D eigenvalue weighted by atomic mass is 10.0. The molecule has 0 aliphatic carbocycles. The number of aromatic nitrogens is 1. The third-order valence-corrected chi connectivity index (χ3v) is 5.38. The van der Waals surface area contributed by atoms with E-state index in [0.29, 0.717) is 48.0 Å². The van der Waals surface area contributed by atoms with Crippen molar-refractivity contribution in [2.45, 2.75) is 33.0 Å². The second-order valence-electron chi connectivity index (χ2n) is 7.99. The highest BCUT2D eigenvalue weighted by Gasteiger charge is 2.17. The highest BCUT2D eigenvalue weighted by Crippen LogP contribution is 2.32. The summed E-state index contributed by atoms with van der Waals surface area (Å²) in [5.41, 5.74) is 2.31. The van der Waals surface area contributed by atoms with E-state index in [1.54, 1.807) is 18.2 Å². The number of rotatable bonds is 12. The summed E-state index contributed by atoms with van der Waals surface area (Å²) < 4.78 is 46.0. The van der Waals surface area contributed by atoms with Gasteiger partial charge in [0.15, 0.2) is 17.3 Å². The van der Waals surface area contributed by atoms with E-state index in [2.05, 4.69) is 9.72 Å². The van der Waals surface area contributed by atoms with Gasteiger partial charge in [0.05, 0.1) is 17.9 Å². The molecule has 0 unspecified atom stereocenters. The number of ketones is 1. The van der Waals surface area contributed by atoms with Crippen molar-refractivity contribution in [2.24, 2.45) is 0 Å². The molecule has 4 rings (SSSR count). The molecule has 7 nitrogen and oxygen atoms in total. The van der Waals surface area contributed by atoms with Gasteiger partial charge in [-0.1, -0.05) is 30.3 Å². The number of alkyl halides is 2. The first-order chi connectivity index (χ1) is 17.9. The Kier molecular flexibility index (Phi) is 8.35. The number of hydrogen-bond donors (Lipinski definition) is 1. The molecule has 4 aromatic rings. The molecule has 37 heavy (non-hydrogen) atoms. The van der Waals surface area contributed by atoms with Gasteiger partial charge >= 0.3 is 6.61 Å². The Labute approximate surface area is 212 Å².